The second-order valence-corrected chi connectivity index (χ2v) is 6.48. The number of esters is 1. The molecule has 0 aliphatic heterocycles. The molecule has 0 atom stereocenters. The van der Waals surface area contributed by atoms with Crippen LogP contribution >= 0.6 is 0 Å². The van der Waals surface area contributed by atoms with Gasteiger partial charge in [0.2, 0.25) is 0 Å². The van der Waals surface area contributed by atoms with Crippen LogP contribution < -0.4 is 14.8 Å². The number of methoxy groups -OCH3 is 1. The van der Waals surface area contributed by atoms with E-state index < -0.39 is 28.6 Å². The van der Waals surface area contributed by atoms with Gasteiger partial charge in [-0.2, -0.15) is 0 Å². The lowest BCUT2D eigenvalue weighted by Crippen LogP contribution is -2.42. The molecular formula is C15H20N2O6S. The summed E-state index contributed by atoms with van der Waals surface area (Å²) in [7, 11) is -2.53. The molecule has 0 unspecified atom stereocenters. The van der Waals surface area contributed by atoms with Gasteiger partial charge >= 0.3 is 12.0 Å². The first-order valence-corrected chi connectivity index (χ1v) is 8.55. The number of ether oxygens (including phenoxy) is 2. The highest BCUT2D eigenvalue weighted by Crippen LogP contribution is 2.16. The van der Waals surface area contributed by atoms with Crippen molar-refractivity contribution in [2.45, 2.75) is 13.8 Å². The van der Waals surface area contributed by atoms with Crippen LogP contribution in [0.2, 0.25) is 0 Å². The minimum absolute atomic E-state index is 0.0676. The summed E-state index contributed by atoms with van der Waals surface area (Å²) in [5.41, 5.74) is 0.601. The number of hydrogen-bond acceptors (Lipinski definition) is 6. The van der Waals surface area contributed by atoms with E-state index in [1.165, 1.54) is 20.1 Å². The fourth-order valence-corrected chi connectivity index (χ4v) is 2.42. The van der Waals surface area contributed by atoms with E-state index in [0.29, 0.717) is 11.3 Å². The zero-order valence-electron chi connectivity index (χ0n) is 13.7. The van der Waals surface area contributed by atoms with Crippen molar-refractivity contribution in [2.75, 3.05) is 20.3 Å². The summed E-state index contributed by atoms with van der Waals surface area (Å²) in [5, 5.41) is 2.11. The predicted molar refractivity (Wildman–Crippen MR) is 88.7 cm³/mol. The van der Waals surface area contributed by atoms with Gasteiger partial charge < -0.3 is 14.8 Å². The molecule has 1 aromatic rings. The van der Waals surface area contributed by atoms with Crippen molar-refractivity contribution in [2.24, 2.45) is 0 Å². The molecule has 2 amide bonds. The highest BCUT2D eigenvalue weighted by atomic mass is 32.2. The average Bonchev–Trinajstić information content (AvgIpc) is 2.53. The number of carbonyl (C=O) groups excluding carboxylic acids is 2. The van der Waals surface area contributed by atoms with E-state index in [1.54, 1.807) is 31.2 Å². The van der Waals surface area contributed by atoms with Gasteiger partial charge in [-0.1, -0.05) is 12.1 Å². The van der Waals surface area contributed by atoms with Gasteiger partial charge in [-0.3, -0.25) is 4.79 Å². The molecule has 0 aromatic heterocycles. The monoisotopic (exact) mass is 356 g/mol. The first-order valence-electron chi connectivity index (χ1n) is 7.07. The van der Waals surface area contributed by atoms with Gasteiger partial charge in [-0.15, -0.1) is 0 Å². The molecule has 132 valence electrons. The third kappa shape index (κ3) is 6.29. The van der Waals surface area contributed by atoms with Crippen molar-refractivity contribution in [1.29, 1.82) is 0 Å². The summed E-state index contributed by atoms with van der Waals surface area (Å²) in [6, 6.07) is 5.77. The molecule has 0 saturated carbocycles. The fourth-order valence-electron chi connectivity index (χ4n) is 1.65. The number of carbonyl (C=O) groups is 2. The van der Waals surface area contributed by atoms with Gasteiger partial charge in [0.15, 0.2) is 0 Å². The Hall–Kier alpha value is -2.55. The van der Waals surface area contributed by atoms with Crippen LogP contribution in [0.25, 0.3) is 6.08 Å². The number of nitrogens with one attached hydrogen (secondary N) is 2. The maximum Gasteiger partial charge on any atom is 0.329 e. The summed E-state index contributed by atoms with van der Waals surface area (Å²) in [6.45, 7) is 2.71. The lowest BCUT2D eigenvalue weighted by Gasteiger charge is -2.09. The zero-order valence-corrected chi connectivity index (χ0v) is 14.5. The molecule has 1 rings (SSSR count). The normalized spacial score (nSPS) is 11.5. The quantitative estimate of drug-likeness (QED) is 0.711. The summed E-state index contributed by atoms with van der Waals surface area (Å²) in [5.74, 6) is -0.0808. The van der Waals surface area contributed by atoms with Crippen molar-refractivity contribution >= 4 is 28.1 Å². The Kier molecular flexibility index (Phi) is 7.25. The van der Waals surface area contributed by atoms with E-state index in [1.807, 2.05) is 4.72 Å². The molecule has 2 N–H and O–H groups in total. The predicted octanol–water partition coefficient (Wildman–Crippen LogP) is 1.25. The van der Waals surface area contributed by atoms with Crippen LogP contribution in [-0.2, 0) is 19.6 Å². The molecule has 0 aliphatic carbocycles. The molecule has 0 spiro atoms. The van der Waals surface area contributed by atoms with Crippen molar-refractivity contribution < 1.29 is 27.5 Å². The van der Waals surface area contributed by atoms with Crippen LogP contribution in [0, 0.1) is 0 Å². The molecule has 0 radical (unpaired) electrons. The van der Waals surface area contributed by atoms with Crippen LogP contribution in [0.4, 0.5) is 4.79 Å². The second-order valence-electron chi connectivity index (χ2n) is 4.62. The number of hydrogen-bond donors (Lipinski definition) is 2. The number of allylic oxidation sites excluding steroid dienone is 1. The third-order valence-corrected chi connectivity index (χ3v) is 4.23. The first-order chi connectivity index (χ1) is 11.3. The van der Waals surface area contributed by atoms with Crippen molar-refractivity contribution in [1.82, 2.24) is 10.0 Å². The van der Waals surface area contributed by atoms with Crippen LogP contribution in [0.5, 0.6) is 5.75 Å². The molecule has 0 fully saturated rings. The van der Waals surface area contributed by atoms with Crippen LogP contribution in [0.15, 0.2) is 29.2 Å². The summed E-state index contributed by atoms with van der Waals surface area (Å²) in [6.07, 6.45) is 1.39. The van der Waals surface area contributed by atoms with E-state index in [4.69, 9.17) is 4.74 Å². The Morgan fingerprint density at radius 1 is 1.29 bits per heavy atom. The van der Waals surface area contributed by atoms with Crippen LogP contribution in [-0.4, -0.2) is 40.7 Å². The number of amides is 2. The smallest absolute Gasteiger partial charge is 0.329 e. The topological polar surface area (TPSA) is 111 Å². The van der Waals surface area contributed by atoms with Gasteiger partial charge in [0.05, 0.1) is 18.6 Å². The van der Waals surface area contributed by atoms with Gasteiger partial charge in [-0.05, 0) is 37.6 Å². The maximum absolute atomic E-state index is 12.1. The molecule has 1 aromatic carbocycles. The van der Waals surface area contributed by atoms with E-state index >= 15 is 0 Å². The second kappa shape index (κ2) is 8.92. The van der Waals surface area contributed by atoms with E-state index in [-0.39, 0.29) is 11.5 Å². The van der Waals surface area contributed by atoms with Crippen molar-refractivity contribution in [3.05, 3.63) is 34.7 Å². The van der Waals surface area contributed by atoms with Gasteiger partial charge in [0.25, 0.3) is 10.0 Å². The Morgan fingerprint density at radius 3 is 2.62 bits per heavy atom. The lowest BCUT2D eigenvalue weighted by molar-refractivity contribution is -0.141. The number of urea groups is 1. The molecule has 0 heterocycles. The molecule has 24 heavy (non-hydrogen) atoms. The molecule has 0 aliphatic rings. The Balaban J connectivity index is 2.74. The minimum atomic E-state index is -4.03. The van der Waals surface area contributed by atoms with E-state index in [2.05, 4.69) is 10.1 Å². The Morgan fingerprint density at radius 2 is 2.00 bits per heavy atom. The van der Waals surface area contributed by atoms with Crippen LogP contribution in [0.1, 0.15) is 19.4 Å². The van der Waals surface area contributed by atoms with E-state index in [9.17, 15) is 18.0 Å². The summed E-state index contributed by atoms with van der Waals surface area (Å²) >= 11 is 0. The molecule has 0 saturated heterocycles. The standard InChI is InChI=1S/C15H20N2O6S/c1-4-23-14(18)10-16-15(19)17-24(20,21)11(2)8-12-6-5-7-13(9-12)22-3/h5-9H,4,10H2,1-3H3,(H2,16,17,19). The Bertz CT molecular complexity index is 727. The number of rotatable bonds is 7. The van der Waals surface area contributed by atoms with Crippen molar-refractivity contribution in [3.8, 4) is 5.75 Å². The highest BCUT2D eigenvalue weighted by molar-refractivity contribution is 7.94. The molecule has 8 nitrogen and oxygen atoms in total. The van der Waals surface area contributed by atoms with Crippen LogP contribution in [0.3, 0.4) is 0 Å². The largest absolute Gasteiger partial charge is 0.497 e. The molecule has 9 heteroatoms. The SMILES string of the molecule is CCOC(=O)CNC(=O)NS(=O)(=O)C(C)=Cc1cccc(OC)c1. The Labute approximate surface area is 140 Å². The molecule has 0 bridgehead atoms. The lowest BCUT2D eigenvalue weighted by atomic mass is 10.2. The zero-order chi connectivity index (χ0) is 18.2. The number of benzene rings is 1. The first kappa shape index (κ1) is 19.5. The maximum atomic E-state index is 12.1. The van der Waals surface area contributed by atoms with Gasteiger partial charge in [0.1, 0.15) is 12.3 Å². The van der Waals surface area contributed by atoms with Gasteiger partial charge in [-0.25, -0.2) is 17.9 Å². The van der Waals surface area contributed by atoms with Gasteiger partial charge in [0, 0.05) is 0 Å². The molecular weight excluding hydrogens is 336 g/mol. The fraction of sp³-hybridized carbons (Fsp3) is 0.333. The summed E-state index contributed by atoms with van der Waals surface area (Å²) < 4.78 is 35.7. The van der Waals surface area contributed by atoms with E-state index in [0.717, 1.165) is 0 Å². The minimum Gasteiger partial charge on any atom is -0.497 e. The number of sulfonamides is 1. The van der Waals surface area contributed by atoms with Crippen molar-refractivity contribution in [3.63, 3.8) is 0 Å². The highest BCUT2D eigenvalue weighted by Gasteiger charge is 2.17. The third-order valence-electron chi connectivity index (χ3n) is 2.81. The summed E-state index contributed by atoms with van der Waals surface area (Å²) in [4.78, 5) is 22.6. The average molecular weight is 356 g/mol.